The van der Waals surface area contributed by atoms with Crippen molar-refractivity contribution < 1.29 is 0 Å². The number of rotatable bonds is 4. The molecule has 1 atom stereocenters. The van der Waals surface area contributed by atoms with E-state index in [0.717, 1.165) is 26.1 Å². The van der Waals surface area contributed by atoms with Crippen LogP contribution in [0.4, 0.5) is 0 Å². The lowest BCUT2D eigenvalue weighted by Gasteiger charge is -2.18. The van der Waals surface area contributed by atoms with Gasteiger partial charge in [-0.2, -0.15) is 0 Å². The van der Waals surface area contributed by atoms with E-state index in [9.17, 15) is 0 Å². The summed E-state index contributed by atoms with van der Waals surface area (Å²) in [4.78, 5) is 0. The summed E-state index contributed by atoms with van der Waals surface area (Å²) >= 11 is 20.4. The van der Waals surface area contributed by atoms with Crippen molar-refractivity contribution in [3.05, 3.63) is 66.2 Å². The van der Waals surface area contributed by atoms with Crippen LogP contribution in [0.1, 0.15) is 17.2 Å². The molecule has 0 radical (unpaired) electrons. The Kier molecular flexibility index (Phi) is 5.99. The monoisotopic (exact) mass is 439 g/mol. The molecule has 0 heterocycles. The molecule has 106 valence electrons. The van der Waals surface area contributed by atoms with Gasteiger partial charge in [0.25, 0.3) is 0 Å². The zero-order valence-electron chi connectivity index (χ0n) is 10.8. The first-order valence-electron chi connectivity index (χ1n) is 6.07. The van der Waals surface area contributed by atoms with Gasteiger partial charge in [-0.3, -0.25) is 0 Å². The third-order valence-electron chi connectivity index (χ3n) is 3.12. The predicted octanol–water partition coefficient (Wildman–Crippen LogP) is 5.75. The van der Waals surface area contributed by atoms with E-state index in [1.807, 2.05) is 37.4 Å². The van der Waals surface area contributed by atoms with Crippen molar-refractivity contribution in [3.8, 4) is 0 Å². The van der Waals surface area contributed by atoms with E-state index in [-0.39, 0.29) is 6.04 Å². The second kappa shape index (κ2) is 7.32. The van der Waals surface area contributed by atoms with Crippen molar-refractivity contribution >= 4 is 57.4 Å². The molecule has 0 amide bonds. The Bertz CT molecular complexity index is 616. The lowest BCUT2D eigenvalue weighted by atomic mass is 9.99. The lowest BCUT2D eigenvalue weighted by Crippen LogP contribution is -2.18. The van der Waals surface area contributed by atoms with Gasteiger partial charge in [0.15, 0.2) is 0 Å². The Balaban J connectivity index is 2.23. The number of benzene rings is 2. The third-order valence-corrected chi connectivity index (χ3v) is 5.43. The molecule has 20 heavy (non-hydrogen) atoms. The fraction of sp³-hybridized carbons (Fsp3) is 0.200. The van der Waals surface area contributed by atoms with Crippen LogP contribution in [0.3, 0.4) is 0 Å². The smallest absolute Gasteiger partial charge is 0.0595 e. The molecule has 0 aliphatic rings. The van der Waals surface area contributed by atoms with Crippen LogP contribution < -0.4 is 5.32 Å². The molecule has 1 unspecified atom stereocenters. The number of nitrogens with one attached hydrogen (secondary N) is 1. The molecule has 2 aromatic rings. The van der Waals surface area contributed by atoms with Gasteiger partial charge in [-0.1, -0.05) is 46.9 Å². The quantitative estimate of drug-likeness (QED) is 0.597. The van der Waals surface area contributed by atoms with E-state index in [1.54, 1.807) is 0 Å². The Hall–Kier alpha value is -0.000000000000000167. The zero-order chi connectivity index (χ0) is 14.7. The molecule has 2 aromatic carbocycles. The minimum absolute atomic E-state index is 0.182. The maximum Gasteiger partial charge on any atom is 0.0595 e. The molecule has 0 aliphatic carbocycles. The molecule has 1 nitrogen and oxygen atoms in total. The van der Waals surface area contributed by atoms with Gasteiger partial charge in [-0.05, 0) is 71.5 Å². The summed E-state index contributed by atoms with van der Waals surface area (Å²) in [5.74, 6) is 0. The van der Waals surface area contributed by atoms with Crippen LogP contribution in [0, 0.1) is 3.57 Å². The molecule has 0 bridgehead atoms. The first-order chi connectivity index (χ1) is 9.51. The molecule has 1 N–H and O–H groups in total. The van der Waals surface area contributed by atoms with Crippen molar-refractivity contribution in [2.24, 2.45) is 0 Å². The van der Waals surface area contributed by atoms with Crippen LogP contribution in [-0.2, 0) is 6.42 Å². The van der Waals surface area contributed by atoms with Crippen molar-refractivity contribution in [2.75, 3.05) is 7.05 Å². The van der Waals surface area contributed by atoms with E-state index in [0.29, 0.717) is 10.0 Å². The summed E-state index contributed by atoms with van der Waals surface area (Å²) in [6.45, 7) is 0. The standard InChI is InChI=1S/C15H13Cl3IN/c1-20-15(10-3-5-14(19)13(18)8-10)7-9-2-4-11(16)12(17)6-9/h2-6,8,15,20H,7H2,1H3. The summed E-state index contributed by atoms with van der Waals surface area (Å²) < 4.78 is 1.05. The minimum atomic E-state index is 0.182. The number of hydrogen-bond acceptors (Lipinski definition) is 1. The van der Waals surface area contributed by atoms with E-state index in [2.05, 4.69) is 34.0 Å². The van der Waals surface area contributed by atoms with Gasteiger partial charge in [-0.15, -0.1) is 0 Å². The zero-order valence-corrected chi connectivity index (χ0v) is 15.2. The highest BCUT2D eigenvalue weighted by molar-refractivity contribution is 14.1. The topological polar surface area (TPSA) is 12.0 Å². The predicted molar refractivity (Wildman–Crippen MR) is 96.1 cm³/mol. The SMILES string of the molecule is CNC(Cc1ccc(Cl)c(Cl)c1)c1ccc(I)c(Cl)c1. The van der Waals surface area contributed by atoms with E-state index in [1.165, 1.54) is 0 Å². The molecule has 0 aromatic heterocycles. The van der Waals surface area contributed by atoms with Crippen molar-refractivity contribution in [2.45, 2.75) is 12.5 Å². The fourth-order valence-electron chi connectivity index (χ4n) is 2.02. The van der Waals surface area contributed by atoms with Crippen LogP contribution >= 0.6 is 57.4 Å². The summed E-state index contributed by atoms with van der Waals surface area (Å²) in [6.07, 6.45) is 0.824. The highest BCUT2D eigenvalue weighted by Gasteiger charge is 2.12. The van der Waals surface area contributed by atoms with Crippen molar-refractivity contribution in [1.29, 1.82) is 0 Å². The number of likely N-dealkylation sites (N-methyl/N-ethyl adjacent to an activating group) is 1. The molecule has 0 fully saturated rings. The van der Waals surface area contributed by atoms with Gasteiger partial charge in [0.1, 0.15) is 0 Å². The lowest BCUT2D eigenvalue weighted by molar-refractivity contribution is 0.592. The van der Waals surface area contributed by atoms with Gasteiger partial charge >= 0.3 is 0 Å². The van der Waals surface area contributed by atoms with Crippen LogP contribution in [0.15, 0.2) is 36.4 Å². The maximum absolute atomic E-state index is 6.19. The van der Waals surface area contributed by atoms with Gasteiger partial charge in [0.2, 0.25) is 0 Å². The minimum Gasteiger partial charge on any atom is -0.313 e. The second-order valence-electron chi connectivity index (χ2n) is 4.47. The summed E-state index contributed by atoms with van der Waals surface area (Å²) in [7, 11) is 1.94. The average Bonchev–Trinajstić information content (AvgIpc) is 2.43. The van der Waals surface area contributed by atoms with Crippen molar-refractivity contribution in [3.63, 3.8) is 0 Å². The third kappa shape index (κ3) is 4.01. The van der Waals surface area contributed by atoms with E-state index < -0.39 is 0 Å². The highest BCUT2D eigenvalue weighted by atomic mass is 127. The summed E-state index contributed by atoms with van der Waals surface area (Å²) in [5.41, 5.74) is 2.29. The van der Waals surface area contributed by atoms with E-state index >= 15 is 0 Å². The Labute approximate surface area is 147 Å². The largest absolute Gasteiger partial charge is 0.313 e. The molecule has 0 saturated heterocycles. The summed E-state index contributed by atoms with van der Waals surface area (Å²) in [5, 5.41) is 5.25. The van der Waals surface area contributed by atoms with Gasteiger partial charge in [0.05, 0.1) is 15.1 Å². The van der Waals surface area contributed by atoms with Gasteiger partial charge < -0.3 is 5.32 Å². The maximum atomic E-state index is 6.19. The van der Waals surface area contributed by atoms with Gasteiger partial charge in [-0.25, -0.2) is 0 Å². The molecule has 0 spiro atoms. The normalized spacial score (nSPS) is 12.4. The van der Waals surface area contributed by atoms with Gasteiger partial charge in [0, 0.05) is 9.61 Å². The number of halogens is 4. The highest BCUT2D eigenvalue weighted by Crippen LogP contribution is 2.28. The summed E-state index contributed by atoms with van der Waals surface area (Å²) in [6, 6.07) is 12.0. The van der Waals surface area contributed by atoms with Crippen LogP contribution in [0.5, 0.6) is 0 Å². The Morgan fingerprint density at radius 1 is 1.00 bits per heavy atom. The molecule has 2 rings (SSSR count). The molecule has 0 aliphatic heterocycles. The number of hydrogen-bond donors (Lipinski definition) is 1. The molecular weight excluding hydrogens is 427 g/mol. The van der Waals surface area contributed by atoms with Crippen LogP contribution in [-0.4, -0.2) is 7.05 Å². The molecule has 0 saturated carbocycles. The van der Waals surface area contributed by atoms with Crippen LogP contribution in [0.2, 0.25) is 15.1 Å². The van der Waals surface area contributed by atoms with Crippen molar-refractivity contribution in [1.82, 2.24) is 5.32 Å². The van der Waals surface area contributed by atoms with Crippen LogP contribution in [0.25, 0.3) is 0 Å². The molecule has 5 heteroatoms. The first kappa shape index (κ1) is 16.4. The molecular formula is C15H13Cl3IN. The first-order valence-corrected chi connectivity index (χ1v) is 8.28. The Morgan fingerprint density at radius 3 is 2.35 bits per heavy atom. The average molecular weight is 441 g/mol. The second-order valence-corrected chi connectivity index (χ2v) is 6.85. The Morgan fingerprint density at radius 2 is 1.75 bits per heavy atom. The van der Waals surface area contributed by atoms with E-state index in [4.69, 9.17) is 34.8 Å². The fourth-order valence-corrected chi connectivity index (χ4v) is 2.86.